The molecule has 0 saturated heterocycles. The second kappa shape index (κ2) is 9.12. The van der Waals surface area contributed by atoms with E-state index in [0.717, 1.165) is 12.8 Å². The van der Waals surface area contributed by atoms with Crippen molar-refractivity contribution in [2.24, 2.45) is 0 Å². The first-order chi connectivity index (χ1) is 12.5. The monoisotopic (exact) mass is 364 g/mol. The maximum absolute atomic E-state index is 12.8. The number of likely N-dealkylation sites (N-methyl/N-ethyl adjacent to an activating group) is 1. The molecule has 0 aromatic heterocycles. The van der Waals surface area contributed by atoms with Gasteiger partial charge in [-0.3, -0.25) is 4.79 Å². The molecular weight excluding hydrogens is 332 g/mol. The van der Waals surface area contributed by atoms with Crippen LogP contribution in [-0.2, 0) is 0 Å². The molecule has 0 atom stereocenters. The largest absolute Gasteiger partial charge is 0.493 e. The summed E-state index contributed by atoms with van der Waals surface area (Å²) >= 11 is 0. The van der Waals surface area contributed by atoms with E-state index in [2.05, 4.69) is 24.3 Å². The molecule has 146 valence electrons. The summed E-state index contributed by atoms with van der Waals surface area (Å²) in [6.45, 7) is 0.634. The molecule has 1 amide bonds. The molecule has 0 heterocycles. The quantitative estimate of drug-likeness (QED) is 0.754. The highest BCUT2D eigenvalue weighted by atomic mass is 16.5. The van der Waals surface area contributed by atoms with E-state index >= 15 is 0 Å². The van der Waals surface area contributed by atoms with Gasteiger partial charge < -0.3 is 24.4 Å². The van der Waals surface area contributed by atoms with Crippen molar-refractivity contribution in [2.75, 3.05) is 42.0 Å². The Balaban J connectivity index is 2.18. The molecule has 1 aromatic rings. The van der Waals surface area contributed by atoms with Gasteiger partial charge in [-0.15, -0.1) is 0 Å². The average Bonchev–Trinajstić information content (AvgIpc) is 2.91. The number of carbonyl (C=O) groups is 1. The van der Waals surface area contributed by atoms with E-state index in [1.807, 2.05) is 0 Å². The summed E-state index contributed by atoms with van der Waals surface area (Å²) in [4.78, 5) is 15.1. The molecule has 6 nitrogen and oxygen atoms in total. The van der Waals surface area contributed by atoms with E-state index in [0.29, 0.717) is 29.4 Å². The van der Waals surface area contributed by atoms with Crippen LogP contribution in [0, 0.1) is 0 Å². The SMILES string of the molecule is COc1cc(C(=O)NCC2(N(C)C)CCCCCC2)cc(OC)c1OC. The number of hydrogen-bond acceptors (Lipinski definition) is 5. The van der Waals surface area contributed by atoms with Gasteiger partial charge in [0.25, 0.3) is 5.91 Å². The molecule has 0 radical (unpaired) electrons. The third-order valence-corrected chi connectivity index (χ3v) is 5.49. The van der Waals surface area contributed by atoms with Crippen LogP contribution in [0.15, 0.2) is 12.1 Å². The zero-order valence-electron chi connectivity index (χ0n) is 16.7. The number of ether oxygens (including phenoxy) is 3. The first-order valence-corrected chi connectivity index (χ1v) is 9.23. The summed E-state index contributed by atoms with van der Waals surface area (Å²) < 4.78 is 16.0. The predicted octanol–water partition coefficient (Wildman–Crippen LogP) is 3.10. The Kier molecular flexibility index (Phi) is 7.14. The van der Waals surface area contributed by atoms with Gasteiger partial charge in [0, 0.05) is 17.6 Å². The Morgan fingerprint density at radius 2 is 1.54 bits per heavy atom. The van der Waals surface area contributed by atoms with Gasteiger partial charge in [-0.1, -0.05) is 25.7 Å². The number of hydrogen-bond donors (Lipinski definition) is 1. The predicted molar refractivity (Wildman–Crippen MR) is 103 cm³/mol. The van der Waals surface area contributed by atoms with Gasteiger partial charge in [0.1, 0.15) is 0 Å². The Morgan fingerprint density at radius 3 is 1.96 bits per heavy atom. The minimum atomic E-state index is -0.130. The van der Waals surface area contributed by atoms with Crippen LogP contribution in [0.25, 0.3) is 0 Å². The number of carbonyl (C=O) groups excluding carboxylic acids is 1. The fraction of sp³-hybridized carbons (Fsp3) is 0.650. The molecule has 1 aliphatic rings. The third-order valence-electron chi connectivity index (χ3n) is 5.49. The van der Waals surface area contributed by atoms with Crippen molar-refractivity contribution in [1.29, 1.82) is 0 Å². The maximum Gasteiger partial charge on any atom is 0.251 e. The van der Waals surface area contributed by atoms with Crippen LogP contribution in [0.4, 0.5) is 0 Å². The van der Waals surface area contributed by atoms with Gasteiger partial charge in [-0.05, 0) is 39.1 Å². The molecule has 1 aliphatic carbocycles. The van der Waals surface area contributed by atoms with Crippen molar-refractivity contribution in [3.8, 4) is 17.2 Å². The van der Waals surface area contributed by atoms with Crippen molar-refractivity contribution in [2.45, 2.75) is 44.1 Å². The van der Waals surface area contributed by atoms with E-state index in [1.54, 1.807) is 33.5 Å². The molecule has 2 rings (SSSR count). The van der Waals surface area contributed by atoms with Crippen LogP contribution in [0.3, 0.4) is 0 Å². The second-order valence-electron chi connectivity index (χ2n) is 7.13. The standard InChI is InChI=1S/C20H32N2O4/c1-22(2)20(10-8-6-7-9-11-20)14-21-19(23)15-12-16(24-3)18(26-5)17(13-15)25-4/h12-13H,6-11,14H2,1-5H3,(H,21,23). The van der Waals surface area contributed by atoms with Crippen molar-refractivity contribution < 1.29 is 19.0 Å². The normalized spacial score (nSPS) is 16.7. The van der Waals surface area contributed by atoms with E-state index < -0.39 is 0 Å². The van der Waals surface area contributed by atoms with Crippen LogP contribution in [0.2, 0.25) is 0 Å². The fourth-order valence-electron chi connectivity index (χ4n) is 3.73. The molecule has 1 aromatic carbocycles. The maximum atomic E-state index is 12.8. The zero-order chi connectivity index (χ0) is 19.2. The lowest BCUT2D eigenvalue weighted by molar-refractivity contribution is 0.0868. The summed E-state index contributed by atoms with van der Waals surface area (Å²) in [7, 11) is 8.86. The van der Waals surface area contributed by atoms with Gasteiger partial charge >= 0.3 is 0 Å². The molecule has 0 spiro atoms. The van der Waals surface area contributed by atoms with E-state index in [-0.39, 0.29) is 11.4 Å². The van der Waals surface area contributed by atoms with Crippen molar-refractivity contribution in [1.82, 2.24) is 10.2 Å². The smallest absolute Gasteiger partial charge is 0.251 e. The van der Waals surface area contributed by atoms with E-state index in [1.165, 1.54) is 25.7 Å². The van der Waals surface area contributed by atoms with Gasteiger partial charge in [0.2, 0.25) is 5.75 Å². The molecule has 1 fully saturated rings. The molecule has 1 N–H and O–H groups in total. The summed E-state index contributed by atoms with van der Waals surface area (Å²) in [6, 6.07) is 3.37. The van der Waals surface area contributed by atoms with Crippen molar-refractivity contribution in [3.63, 3.8) is 0 Å². The molecule has 0 aliphatic heterocycles. The second-order valence-corrected chi connectivity index (χ2v) is 7.13. The molecule has 26 heavy (non-hydrogen) atoms. The number of amides is 1. The van der Waals surface area contributed by atoms with Gasteiger partial charge in [-0.25, -0.2) is 0 Å². The van der Waals surface area contributed by atoms with Gasteiger partial charge in [-0.2, -0.15) is 0 Å². The Morgan fingerprint density at radius 1 is 1.00 bits per heavy atom. The Labute approximate surface area is 156 Å². The minimum absolute atomic E-state index is 0.0206. The summed E-state index contributed by atoms with van der Waals surface area (Å²) in [5, 5.41) is 3.13. The zero-order valence-corrected chi connectivity index (χ0v) is 16.7. The number of benzene rings is 1. The van der Waals surface area contributed by atoms with E-state index in [4.69, 9.17) is 14.2 Å². The van der Waals surface area contributed by atoms with Crippen LogP contribution in [0.5, 0.6) is 17.2 Å². The van der Waals surface area contributed by atoms with Gasteiger partial charge in [0.15, 0.2) is 11.5 Å². The fourth-order valence-corrected chi connectivity index (χ4v) is 3.73. The molecule has 6 heteroatoms. The first-order valence-electron chi connectivity index (χ1n) is 9.23. The average molecular weight is 364 g/mol. The number of rotatable bonds is 7. The summed E-state index contributed by atoms with van der Waals surface area (Å²) in [6.07, 6.45) is 7.17. The highest BCUT2D eigenvalue weighted by molar-refractivity contribution is 5.95. The highest BCUT2D eigenvalue weighted by Gasteiger charge is 2.33. The molecule has 0 bridgehead atoms. The molecule has 0 unspecified atom stereocenters. The van der Waals surface area contributed by atoms with Crippen LogP contribution >= 0.6 is 0 Å². The minimum Gasteiger partial charge on any atom is -0.493 e. The number of nitrogens with zero attached hydrogens (tertiary/aromatic N) is 1. The summed E-state index contributed by atoms with van der Waals surface area (Å²) in [5.41, 5.74) is 0.523. The first kappa shape index (κ1) is 20.4. The molecule has 1 saturated carbocycles. The van der Waals surface area contributed by atoms with Crippen molar-refractivity contribution in [3.05, 3.63) is 17.7 Å². The summed E-state index contributed by atoms with van der Waals surface area (Å²) in [5.74, 6) is 1.32. The van der Waals surface area contributed by atoms with Crippen LogP contribution in [0.1, 0.15) is 48.9 Å². The third kappa shape index (κ3) is 4.41. The van der Waals surface area contributed by atoms with Gasteiger partial charge in [0.05, 0.1) is 21.3 Å². The highest BCUT2D eigenvalue weighted by Crippen LogP contribution is 2.38. The lowest BCUT2D eigenvalue weighted by Crippen LogP contribution is -2.52. The van der Waals surface area contributed by atoms with Crippen molar-refractivity contribution >= 4 is 5.91 Å². The number of nitrogens with one attached hydrogen (secondary N) is 1. The van der Waals surface area contributed by atoms with E-state index in [9.17, 15) is 4.79 Å². The Hall–Kier alpha value is -1.95. The topological polar surface area (TPSA) is 60.0 Å². The van der Waals surface area contributed by atoms with Crippen LogP contribution in [-0.4, -0.2) is 58.3 Å². The lowest BCUT2D eigenvalue weighted by Gasteiger charge is -2.39. The number of methoxy groups -OCH3 is 3. The van der Waals surface area contributed by atoms with Crippen LogP contribution < -0.4 is 19.5 Å². The molecular formula is C20H32N2O4. The Bertz CT molecular complexity index is 583. The lowest BCUT2D eigenvalue weighted by atomic mass is 9.88.